The van der Waals surface area contributed by atoms with Gasteiger partial charge in [0.2, 0.25) is 0 Å². The van der Waals surface area contributed by atoms with Gasteiger partial charge in [-0.25, -0.2) is 9.59 Å². The number of urea groups is 1. The molecule has 0 aromatic heterocycles. The fourth-order valence-corrected chi connectivity index (χ4v) is 1.41. The minimum Gasteiger partial charge on any atom is -0.481 e. The SMILES string of the molecule is C[C@H](CCNC(=O)N[C@@H](C[C@@H](C)C(=O)O)C(=O)O)C(=O)O. The molecule has 0 radical (unpaired) electrons. The molecule has 0 aliphatic rings. The van der Waals surface area contributed by atoms with Crippen molar-refractivity contribution in [3.63, 3.8) is 0 Å². The largest absolute Gasteiger partial charge is 0.481 e. The van der Waals surface area contributed by atoms with Gasteiger partial charge in [0.05, 0.1) is 11.8 Å². The third kappa shape index (κ3) is 7.75. The number of hydrogen-bond donors (Lipinski definition) is 5. The van der Waals surface area contributed by atoms with E-state index in [4.69, 9.17) is 15.3 Å². The van der Waals surface area contributed by atoms with Crippen LogP contribution in [0, 0.1) is 11.8 Å². The quantitative estimate of drug-likeness (QED) is 0.400. The van der Waals surface area contributed by atoms with Crippen LogP contribution in [0.3, 0.4) is 0 Å². The van der Waals surface area contributed by atoms with E-state index >= 15 is 0 Å². The Morgan fingerprint density at radius 3 is 1.86 bits per heavy atom. The lowest BCUT2D eigenvalue weighted by Crippen LogP contribution is -2.47. The first-order valence-electron chi connectivity index (χ1n) is 6.38. The Bertz CT molecular complexity index is 410. The molecule has 0 aliphatic carbocycles. The number of aliphatic carboxylic acids is 3. The van der Waals surface area contributed by atoms with E-state index < -0.39 is 41.8 Å². The summed E-state index contributed by atoms with van der Waals surface area (Å²) in [6.45, 7) is 2.89. The standard InChI is InChI=1S/C12H20N2O7/c1-6(9(15)16)3-4-13-12(21)14-8(11(19)20)5-7(2)10(17)18/h6-8H,3-5H2,1-2H3,(H,15,16)(H,17,18)(H,19,20)(H2,13,14,21)/t6-,7-,8+/m1/s1. The first-order chi connectivity index (χ1) is 9.65. The number of amides is 2. The van der Waals surface area contributed by atoms with E-state index in [-0.39, 0.29) is 19.4 Å². The summed E-state index contributed by atoms with van der Waals surface area (Å²) in [7, 11) is 0. The molecule has 0 unspecified atom stereocenters. The van der Waals surface area contributed by atoms with Gasteiger partial charge in [-0.1, -0.05) is 13.8 Å². The Kier molecular flexibility index (Phi) is 7.80. The first-order valence-corrected chi connectivity index (χ1v) is 6.38. The van der Waals surface area contributed by atoms with Crippen molar-refractivity contribution in [1.82, 2.24) is 10.6 Å². The van der Waals surface area contributed by atoms with Gasteiger partial charge in [0, 0.05) is 6.54 Å². The molecule has 0 aromatic rings. The van der Waals surface area contributed by atoms with E-state index in [1.54, 1.807) is 0 Å². The predicted octanol–water partition coefficient (Wildman–Crippen LogP) is -0.0396. The van der Waals surface area contributed by atoms with Crippen molar-refractivity contribution in [2.45, 2.75) is 32.7 Å². The number of nitrogens with one attached hydrogen (secondary N) is 2. The fraction of sp³-hybridized carbons (Fsp3) is 0.667. The summed E-state index contributed by atoms with van der Waals surface area (Å²) in [6, 6.07) is -2.11. The Hall–Kier alpha value is -2.32. The number of hydrogen-bond acceptors (Lipinski definition) is 4. The third-order valence-corrected chi connectivity index (χ3v) is 2.90. The van der Waals surface area contributed by atoms with Crippen molar-refractivity contribution >= 4 is 23.9 Å². The van der Waals surface area contributed by atoms with Crippen LogP contribution in [-0.2, 0) is 14.4 Å². The molecule has 2 amide bonds. The first kappa shape index (κ1) is 18.7. The molecular weight excluding hydrogens is 284 g/mol. The zero-order chi connectivity index (χ0) is 16.6. The lowest BCUT2D eigenvalue weighted by Gasteiger charge is -2.17. The summed E-state index contributed by atoms with van der Waals surface area (Å²) in [4.78, 5) is 43.7. The van der Waals surface area contributed by atoms with Gasteiger partial charge in [0.1, 0.15) is 6.04 Å². The minimum absolute atomic E-state index is 0.0696. The Morgan fingerprint density at radius 1 is 0.905 bits per heavy atom. The van der Waals surface area contributed by atoms with Gasteiger partial charge in [0.25, 0.3) is 0 Å². The normalized spacial score (nSPS) is 14.6. The van der Waals surface area contributed by atoms with E-state index in [0.717, 1.165) is 0 Å². The lowest BCUT2D eigenvalue weighted by molar-refractivity contribution is -0.144. The highest BCUT2D eigenvalue weighted by Crippen LogP contribution is 2.06. The molecule has 0 fully saturated rings. The van der Waals surface area contributed by atoms with E-state index in [1.807, 2.05) is 0 Å². The van der Waals surface area contributed by atoms with Gasteiger partial charge in [-0.2, -0.15) is 0 Å². The van der Waals surface area contributed by atoms with Gasteiger partial charge in [-0.3, -0.25) is 9.59 Å². The number of carbonyl (C=O) groups is 4. The van der Waals surface area contributed by atoms with Gasteiger partial charge in [-0.05, 0) is 12.8 Å². The van der Waals surface area contributed by atoms with Crippen LogP contribution >= 0.6 is 0 Å². The molecule has 0 rings (SSSR count). The third-order valence-electron chi connectivity index (χ3n) is 2.90. The second-order valence-corrected chi connectivity index (χ2v) is 4.79. The van der Waals surface area contributed by atoms with E-state index in [0.29, 0.717) is 0 Å². The lowest BCUT2D eigenvalue weighted by atomic mass is 10.0. The van der Waals surface area contributed by atoms with Crippen LogP contribution in [0.4, 0.5) is 4.79 Å². The van der Waals surface area contributed by atoms with Crippen molar-refractivity contribution in [1.29, 1.82) is 0 Å². The van der Waals surface area contributed by atoms with Crippen molar-refractivity contribution in [3.05, 3.63) is 0 Å². The van der Waals surface area contributed by atoms with E-state index in [2.05, 4.69) is 10.6 Å². The Morgan fingerprint density at radius 2 is 1.43 bits per heavy atom. The number of rotatable bonds is 9. The summed E-state index contributed by atoms with van der Waals surface area (Å²) < 4.78 is 0. The number of carboxylic acids is 3. The molecule has 0 saturated heterocycles. The van der Waals surface area contributed by atoms with Crippen LogP contribution in [0.5, 0.6) is 0 Å². The molecule has 9 heteroatoms. The fourth-order valence-electron chi connectivity index (χ4n) is 1.41. The number of carboxylic acid groups (broad SMARTS) is 3. The maximum atomic E-state index is 11.5. The maximum Gasteiger partial charge on any atom is 0.326 e. The second kappa shape index (κ2) is 8.77. The zero-order valence-corrected chi connectivity index (χ0v) is 11.8. The van der Waals surface area contributed by atoms with Gasteiger partial charge >= 0.3 is 23.9 Å². The van der Waals surface area contributed by atoms with Crippen LogP contribution in [-0.4, -0.2) is 51.8 Å². The van der Waals surface area contributed by atoms with E-state index in [9.17, 15) is 19.2 Å². The molecule has 0 saturated carbocycles. The average Bonchev–Trinajstić information content (AvgIpc) is 2.37. The van der Waals surface area contributed by atoms with Crippen molar-refractivity contribution in [3.8, 4) is 0 Å². The molecule has 0 aromatic carbocycles. The highest BCUT2D eigenvalue weighted by atomic mass is 16.4. The second-order valence-electron chi connectivity index (χ2n) is 4.79. The molecular formula is C12H20N2O7. The summed E-state index contributed by atoms with van der Waals surface area (Å²) in [5.74, 6) is -5.03. The molecule has 5 N–H and O–H groups in total. The highest BCUT2D eigenvalue weighted by Gasteiger charge is 2.25. The van der Waals surface area contributed by atoms with Crippen LogP contribution in [0.1, 0.15) is 26.7 Å². The van der Waals surface area contributed by atoms with Crippen LogP contribution in [0.2, 0.25) is 0 Å². The van der Waals surface area contributed by atoms with Crippen molar-refractivity contribution in [2.75, 3.05) is 6.54 Å². The monoisotopic (exact) mass is 304 g/mol. The van der Waals surface area contributed by atoms with Gasteiger partial charge < -0.3 is 26.0 Å². The van der Waals surface area contributed by atoms with Crippen molar-refractivity contribution < 1.29 is 34.5 Å². The zero-order valence-electron chi connectivity index (χ0n) is 11.8. The minimum atomic E-state index is -1.34. The smallest absolute Gasteiger partial charge is 0.326 e. The summed E-state index contributed by atoms with van der Waals surface area (Å²) in [5, 5.41) is 30.8. The molecule has 3 atom stereocenters. The van der Waals surface area contributed by atoms with Gasteiger partial charge in [0.15, 0.2) is 0 Å². The molecule has 120 valence electrons. The average molecular weight is 304 g/mol. The molecule has 0 spiro atoms. The van der Waals surface area contributed by atoms with Crippen LogP contribution < -0.4 is 10.6 Å². The maximum absolute atomic E-state index is 11.5. The van der Waals surface area contributed by atoms with Crippen LogP contribution in [0.15, 0.2) is 0 Å². The van der Waals surface area contributed by atoms with Crippen molar-refractivity contribution in [2.24, 2.45) is 11.8 Å². The topological polar surface area (TPSA) is 153 Å². The number of carbonyl (C=O) groups excluding carboxylic acids is 1. The Labute approximate surface area is 121 Å². The molecule has 0 bridgehead atoms. The molecule has 0 aliphatic heterocycles. The highest BCUT2D eigenvalue weighted by molar-refractivity contribution is 5.83. The molecule has 0 heterocycles. The molecule has 21 heavy (non-hydrogen) atoms. The summed E-state index contributed by atoms with van der Waals surface area (Å²) >= 11 is 0. The molecule has 9 nitrogen and oxygen atoms in total. The van der Waals surface area contributed by atoms with Gasteiger partial charge in [-0.15, -0.1) is 0 Å². The predicted molar refractivity (Wildman–Crippen MR) is 70.8 cm³/mol. The van der Waals surface area contributed by atoms with Crippen LogP contribution in [0.25, 0.3) is 0 Å². The summed E-state index contributed by atoms with van der Waals surface area (Å²) in [5.41, 5.74) is 0. The summed E-state index contributed by atoms with van der Waals surface area (Å²) in [6.07, 6.45) is -0.0460. The van der Waals surface area contributed by atoms with E-state index in [1.165, 1.54) is 13.8 Å². The Balaban J connectivity index is 4.27.